The maximum atomic E-state index is 12.0. The molecule has 0 aliphatic heterocycles. The lowest BCUT2D eigenvalue weighted by Gasteiger charge is -2.42. The Labute approximate surface area is 121 Å². The van der Waals surface area contributed by atoms with Gasteiger partial charge >= 0.3 is 0 Å². The summed E-state index contributed by atoms with van der Waals surface area (Å²) in [5.41, 5.74) is 1.13. The van der Waals surface area contributed by atoms with Crippen molar-refractivity contribution in [3.8, 4) is 5.75 Å². The molecule has 0 N–H and O–H groups in total. The van der Waals surface area contributed by atoms with E-state index in [1.807, 2.05) is 12.1 Å². The summed E-state index contributed by atoms with van der Waals surface area (Å²) in [5.74, 6) is 1.75. The zero-order valence-electron chi connectivity index (χ0n) is 13.0. The highest BCUT2D eigenvalue weighted by atomic mass is 16.5. The molecule has 110 valence electrons. The van der Waals surface area contributed by atoms with Gasteiger partial charge in [-0.2, -0.15) is 0 Å². The van der Waals surface area contributed by atoms with Gasteiger partial charge in [0.05, 0.1) is 7.11 Å². The van der Waals surface area contributed by atoms with E-state index in [1.165, 1.54) is 5.56 Å². The molecule has 3 heteroatoms. The van der Waals surface area contributed by atoms with Crippen LogP contribution >= 0.6 is 0 Å². The highest BCUT2D eigenvalue weighted by Crippen LogP contribution is 2.43. The molecule has 1 saturated carbocycles. The third kappa shape index (κ3) is 3.04. The highest BCUT2D eigenvalue weighted by molar-refractivity contribution is 5.81. The number of rotatable bonds is 4. The van der Waals surface area contributed by atoms with Gasteiger partial charge in [0.1, 0.15) is 11.5 Å². The van der Waals surface area contributed by atoms with Crippen molar-refractivity contribution in [1.82, 2.24) is 4.90 Å². The van der Waals surface area contributed by atoms with Crippen LogP contribution in [0.25, 0.3) is 0 Å². The Balaban J connectivity index is 2.36. The van der Waals surface area contributed by atoms with Crippen LogP contribution in [0.2, 0.25) is 0 Å². The summed E-state index contributed by atoms with van der Waals surface area (Å²) in [6.45, 7) is 3.24. The lowest BCUT2D eigenvalue weighted by atomic mass is 9.63. The van der Waals surface area contributed by atoms with Gasteiger partial charge < -0.3 is 9.64 Å². The zero-order chi connectivity index (χ0) is 14.8. The maximum absolute atomic E-state index is 12.0. The number of hydrogen-bond donors (Lipinski definition) is 0. The van der Waals surface area contributed by atoms with Crippen LogP contribution in [0.5, 0.6) is 5.75 Å². The normalized spacial score (nSPS) is 26.9. The fourth-order valence-electron chi connectivity index (χ4n) is 3.35. The number of nitrogens with zero attached hydrogens (tertiary/aromatic N) is 1. The first kappa shape index (κ1) is 15.0. The Kier molecular flexibility index (Phi) is 4.48. The molecule has 0 saturated heterocycles. The van der Waals surface area contributed by atoms with Crippen molar-refractivity contribution < 1.29 is 9.53 Å². The number of carbonyl (C=O) groups is 1. The Hall–Kier alpha value is -1.35. The fourth-order valence-corrected chi connectivity index (χ4v) is 3.35. The van der Waals surface area contributed by atoms with Crippen LogP contribution in [0.4, 0.5) is 0 Å². The minimum atomic E-state index is -0.0891. The molecule has 0 amide bonds. The van der Waals surface area contributed by atoms with E-state index in [0.717, 1.165) is 25.1 Å². The number of hydrogen-bond acceptors (Lipinski definition) is 3. The van der Waals surface area contributed by atoms with E-state index >= 15 is 0 Å². The standard InChI is InChI=1S/C17H25NO2/c1-17(13-6-5-7-16(10-13)20-4)11-15(19)9-8-14(17)12-18(2)3/h5-7,10,14H,8-9,11-12H2,1-4H3. The molecule has 1 aromatic carbocycles. The number of Topliss-reactive ketones (excluding diaryl/α,β-unsaturated/α-hetero) is 1. The summed E-state index contributed by atoms with van der Waals surface area (Å²) in [4.78, 5) is 14.2. The minimum absolute atomic E-state index is 0.0891. The monoisotopic (exact) mass is 275 g/mol. The molecular weight excluding hydrogens is 250 g/mol. The van der Waals surface area contributed by atoms with Crippen molar-refractivity contribution in [2.24, 2.45) is 5.92 Å². The van der Waals surface area contributed by atoms with Crippen molar-refractivity contribution >= 4 is 5.78 Å². The van der Waals surface area contributed by atoms with E-state index < -0.39 is 0 Å². The van der Waals surface area contributed by atoms with E-state index in [1.54, 1.807) is 7.11 Å². The molecule has 3 nitrogen and oxygen atoms in total. The van der Waals surface area contributed by atoms with Crippen LogP contribution in [-0.2, 0) is 10.2 Å². The first-order chi connectivity index (χ1) is 9.45. The number of ketones is 1. The summed E-state index contributed by atoms with van der Waals surface area (Å²) in [6, 6.07) is 8.19. The Morgan fingerprint density at radius 3 is 2.80 bits per heavy atom. The molecule has 1 aliphatic rings. The van der Waals surface area contributed by atoms with Crippen LogP contribution in [0.15, 0.2) is 24.3 Å². The molecule has 1 aromatic rings. The van der Waals surface area contributed by atoms with Crippen LogP contribution in [0.3, 0.4) is 0 Å². The number of benzene rings is 1. The molecule has 0 radical (unpaired) electrons. The highest BCUT2D eigenvalue weighted by Gasteiger charge is 2.41. The molecule has 0 spiro atoms. The molecule has 2 atom stereocenters. The van der Waals surface area contributed by atoms with Gasteiger partial charge in [0.15, 0.2) is 0 Å². The lowest BCUT2D eigenvalue weighted by Crippen LogP contribution is -2.43. The number of methoxy groups -OCH3 is 1. The molecule has 2 unspecified atom stereocenters. The summed E-state index contributed by atoms with van der Waals surface area (Å²) in [7, 11) is 5.88. The Morgan fingerprint density at radius 2 is 2.15 bits per heavy atom. The molecule has 2 rings (SSSR count). The Bertz CT molecular complexity index is 484. The number of carbonyl (C=O) groups excluding carboxylic acids is 1. The zero-order valence-corrected chi connectivity index (χ0v) is 13.0. The molecule has 0 bridgehead atoms. The van der Waals surface area contributed by atoms with Gasteiger partial charge in [0.2, 0.25) is 0 Å². The summed E-state index contributed by atoms with van der Waals surface area (Å²) < 4.78 is 5.34. The van der Waals surface area contributed by atoms with Crippen molar-refractivity contribution in [2.45, 2.75) is 31.6 Å². The minimum Gasteiger partial charge on any atom is -0.497 e. The van der Waals surface area contributed by atoms with Gasteiger partial charge in [-0.3, -0.25) is 4.79 Å². The van der Waals surface area contributed by atoms with E-state index in [9.17, 15) is 4.79 Å². The lowest BCUT2D eigenvalue weighted by molar-refractivity contribution is -0.123. The third-order valence-corrected chi connectivity index (χ3v) is 4.55. The summed E-state index contributed by atoms with van der Waals surface area (Å²) >= 11 is 0. The van der Waals surface area contributed by atoms with Crippen molar-refractivity contribution in [3.63, 3.8) is 0 Å². The van der Waals surface area contributed by atoms with Crippen molar-refractivity contribution in [1.29, 1.82) is 0 Å². The Morgan fingerprint density at radius 1 is 1.40 bits per heavy atom. The molecule has 0 heterocycles. The van der Waals surface area contributed by atoms with E-state index in [-0.39, 0.29) is 5.41 Å². The van der Waals surface area contributed by atoms with E-state index in [4.69, 9.17) is 4.74 Å². The van der Waals surface area contributed by atoms with Crippen LogP contribution in [-0.4, -0.2) is 38.4 Å². The second-order valence-corrected chi connectivity index (χ2v) is 6.36. The SMILES string of the molecule is COc1cccc(C2(C)CC(=O)CCC2CN(C)C)c1. The fraction of sp³-hybridized carbons (Fsp3) is 0.588. The maximum Gasteiger partial charge on any atom is 0.133 e. The van der Waals surface area contributed by atoms with E-state index in [2.05, 4.69) is 38.1 Å². The average molecular weight is 275 g/mol. The smallest absolute Gasteiger partial charge is 0.133 e. The predicted octanol–water partition coefficient (Wildman–Crippen LogP) is 2.88. The topological polar surface area (TPSA) is 29.5 Å². The second-order valence-electron chi connectivity index (χ2n) is 6.36. The molecule has 0 aromatic heterocycles. The average Bonchev–Trinajstić information content (AvgIpc) is 2.42. The summed E-state index contributed by atoms with van der Waals surface area (Å²) in [5, 5.41) is 0. The van der Waals surface area contributed by atoms with Gasteiger partial charge in [-0.05, 0) is 44.1 Å². The van der Waals surface area contributed by atoms with Crippen molar-refractivity contribution in [2.75, 3.05) is 27.7 Å². The largest absolute Gasteiger partial charge is 0.497 e. The van der Waals surface area contributed by atoms with Crippen LogP contribution < -0.4 is 4.74 Å². The van der Waals surface area contributed by atoms with Gasteiger partial charge in [0.25, 0.3) is 0 Å². The first-order valence-corrected chi connectivity index (χ1v) is 7.26. The quantitative estimate of drug-likeness (QED) is 0.846. The predicted molar refractivity (Wildman–Crippen MR) is 81.2 cm³/mol. The molecule has 20 heavy (non-hydrogen) atoms. The van der Waals surface area contributed by atoms with Crippen LogP contribution in [0.1, 0.15) is 31.7 Å². The van der Waals surface area contributed by atoms with Crippen LogP contribution in [0, 0.1) is 5.92 Å². The molecular formula is C17H25NO2. The van der Waals surface area contributed by atoms with E-state index in [0.29, 0.717) is 18.1 Å². The van der Waals surface area contributed by atoms with Gasteiger partial charge in [-0.25, -0.2) is 0 Å². The van der Waals surface area contributed by atoms with Gasteiger partial charge in [-0.1, -0.05) is 19.1 Å². The van der Waals surface area contributed by atoms with Gasteiger partial charge in [-0.15, -0.1) is 0 Å². The number of ether oxygens (including phenoxy) is 1. The van der Waals surface area contributed by atoms with Gasteiger partial charge in [0, 0.05) is 24.8 Å². The van der Waals surface area contributed by atoms with Crippen molar-refractivity contribution in [3.05, 3.63) is 29.8 Å². The second kappa shape index (κ2) is 5.96. The third-order valence-electron chi connectivity index (χ3n) is 4.55. The first-order valence-electron chi connectivity index (χ1n) is 7.26. The molecule has 1 aliphatic carbocycles. The summed E-state index contributed by atoms with van der Waals surface area (Å²) in [6.07, 6.45) is 2.33. The molecule has 1 fully saturated rings.